The normalized spacial score (nSPS) is 19.6. The minimum Gasteiger partial charge on any atom is -0.399 e. The van der Waals surface area contributed by atoms with Crippen LogP contribution in [0, 0.1) is 11.7 Å². The first kappa shape index (κ1) is 13.8. The van der Waals surface area contributed by atoms with E-state index in [-0.39, 0.29) is 11.6 Å². The monoisotopic (exact) mass is 265 g/mol. The highest BCUT2D eigenvalue weighted by atomic mass is 19.1. The van der Waals surface area contributed by atoms with Gasteiger partial charge in [-0.1, -0.05) is 0 Å². The van der Waals surface area contributed by atoms with Crippen LogP contribution in [0.1, 0.15) is 16.8 Å². The average Bonchev–Trinajstić information content (AvgIpc) is 2.72. The van der Waals surface area contributed by atoms with Gasteiger partial charge in [0.15, 0.2) is 0 Å². The van der Waals surface area contributed by atoms with Crippen LogP contribution in [0.5, 0.6) is 0 Å². The van der Waals surface area contributed by atoms with Gasteiger partial charge >= 0.3 is 0 Å². The van der Waals surface area contributed by atoms with Gasteiger partial charge in [-0.15, -0.1) is 0 Å². The van der Waals surface area contributed by atoms with E-state index < -0.39 is 5.82 Å². The summed E-state index contributed by atoms with van der Waals surface area (Å²) in [6, 6.07) is 3.96. The Morgan fingerprint density at radius 3 is 2.84 bits per heavy atom. The van der Waals surface area contributed by atoms with E-state index in [9.17, 15) is 9.18 Å². The van der Waals surface area contributed by atoms with Crippen LogP contribution in [-0.4, -0.2) is 49.4 Å². The number of amides is 1. The molecule has 1 fully saturated rings. The lowest BCUT2D eigenvalue weighted by atomic mass is 10.1. The second-order valence-corrected chi connectivity index (χ2v) is 5.38. The summed E-state index contributed by atoms with van der Waals surface area (Å²) in [5, 5.41) is 0. The molecule has 2 rings (SSSR count). The number of nitrogen functional groups attached to an aromatic ring is 1. The molecule has 2 N–H and O–H groups in total. The maximum atomic E-state index is 13.3. The Kier molecular flexibility index (Phi) is 4.04. The van der Waals surface area contributed by atoms with Gasteiger partial charge < -0.3 is 15.5 Å². The SMILES string of the molecule is CN1CCC(CN(C)C(=O)c2cc(N)cc(F)c2)C1. The molecule has 1 saturated heterocycles. The van der Waals surface area contributed by atoms with E-state index in [1.165, 1.54) is 18.2 Å². The zero-order valence-corrected chi connectivity index (χ0v) is 11.4. The lowest BCUT2D eigenvalue weighted by molar-refractivity contribution is 0.0773. The molecule has 0 aliphatic carbocycles. The van der Waals surface area contributed by atoms with E-state index in [4.69, 9.17) is 5.73 Å². The number of benzene rings is 1. The number of hydrogen-bond acceptors (Lipinski definition) is 3. The highest BCUT2D eigenvalue weighted by Crippen LogP contribution is 2.17. The smallest absolute Gasteiger partial charge is 0.253 e. The van der Waals surface area contributed by atoms with Crippen LogP contribution >= 0.6 is 0 Å². The number of rotatable bonds is 3. The van der Waals surface area contributed by atoms with Crippen molar-refractivity contribution < 1.29 is 9.18 Å². The molecule has 1 aliphatic heterocycles. The fourth-order valence-corrected chi connectivity index (χ4v) is 2.60. The predicted molar refractivity (Wildman–Crippen MR) is 73.4 cm³/mol. The summed E-state index contributed by atoms with van der Waals surface area (Å²) in [5.74, 6) is -0.164. The molecule has 19 heavy (non-hydrogen) atoms. The maximum Gasteiger partial charge on any atom is 0.253 e. The Morgan fingerprint density at radius 1 is 1.53 bits per heavy atom. The second kappa shape index (κ2) is 5.57. The molecule has 104 valence electrons. The molecule has 1 amide bonds. The third kappa shape index (κ3) is 3.44. The molecular weight excluding hydrogens is 245 g/mol. The molecule has 0 radical (unpaired) electrons. The molecule has 1 aromatic rings. The summed E-state index contributed by atoms with van der Waals surface area (Å²) in [5.41, 5.74) is 6.15. The first-order valence-corrected chi connectivity index (χ1v) is 6.46. The van der Waals surface area contributed by atoms with Crippen LogP contribution < -0.4 is 5.73 Å². The molecule has 0 aromatic heterocycles. The lowest BCUT2D eigenvalue weighted by Crippen LogP contribution is -2.32. The summed E-state index contributed by atoms with van der Waals surface area (Å²) in [6.07, 6.45) is 1.10. The molecule has 1 heterocycles. The summed E-state index contributed by atoms with van der Waals surface area (Å²) in [7, 11) is 3.83. The average molecular weight is 265 g/mol. The quantitative estimate of drug-likeness (QED) is 0.841. The van der Waals surface area contributed by atoms with Crippen molar-refractivity contribution in [2.75, 3.05) is 39.5 Å². The predicted octanol–water partition coefficient (Wildman–Crippen LogP) is 1.43. The number of anilines is 1. The van der Waals surface area contributed by atoms with Crippen LogP contribution in [0.15, 0.2) is 18.2 Å². The van der Waals surface area contributed by atoms with Crippen molar-refractivity contribution >= 4 is 11.6 Å². The molecule has 1 atom stereocenters. The zero-order valence-electron chi connectivity index (χ0n) is 11.4. The van der Waals surface area contributed by atoms with Crippen molar-refractivity contribution in [3.05, 3.63) is 29.6 Å². The summed E-state index contributed by atoms with van der Waals surface area (Å²) < 4.78 is 13.3. The summed E-state index contributed by atoms with van der Waals surface area (Å²) in [4.78, 5) is 16.1. The number of halogens is 1. The van der Waals surface area contributed by atoms with Crippen molar-refractivity contribution in [2.24, 2.45) is 5.92 Å². The molecule has 4 nitrogen and oxygen atoms in total. The van der Waals surface area contributed by atoms with Crippen molar-refractivity contribution in [3.8, 4) is 0 Å². The first-order chi connectivity index (χ1) is 8.95. The topological polar surface area (TPSA) is 49.6 Å². The highest BCUT2D eigenvalue weighted by Gasteiger charge is 2.23. The fraction of sp³-hybridized carbons (Fsp3) is 0.500. The van der Waals surface area contributed by atoms with E-state index in [0.717, 1.165) is 19.5 Å². The van der Waals surface area contributed by atoms with Gasteiger partial charge in [-0.2, -0.15) is 0 Å². The Hall–Kier alpha value is -1.62. The van der Waals surface area contributed by atoms with Crippen molar-refractivity contribution in [3.63, 3.8) is 0 Å². The minimum absolute atomic E-state index is 0.180. The number of nitrogens with two attached hydrogens (primary N) is 1. The van der Waals surface area contributed by atoms with Gasteiger partial charge in [-0.25, -0.2) is 4.39 Å². The number of hydrogen-bond donors (Lipinski definition) is 1. The van der Waals surface area contributed by atoms with Gasteiger partial charge in [0.2, 0.25) is 0 Å². The Balaban J connectivity index is 2.02. The van der Waals surface area contributed by atoms with Crippen LogP contribution in [0.3, 0.4) is 0 Å². The molecule has 0 spiro atoms. The molecule has 1 aliphatic rings. The Bertz CT molecular complexity index is 458. The molecule has 0 bridgehead atoms. The fourth-order valence-electron chi connectivity index (χ4n) is 2.60. The van der Waals surface area contributed by atoms with E-state index in [1.807, 2.05) is 0 Å². The second-order valence-electron chi connectivity index (χ2n) is 5.38. The molecule has 1 unspecified atom stereocenters. The van der Waals surface area contributed by atoms with Gasteiger partial charge in [0, 0.05) is 31.4 Å². The van der Waals surface area contributed by atoms with Crippen LogP contribution in [0.25, 0.3) is 0 Å². The van der Waals surface area contributed by atoms with Gasteiger partial charge in [0.05, 0.1) is 0 Å². The van der Waals surface area contributed by atoms with Crippen molar-refractivity contribution in [1.82, 2.24) is 9.80 Å². The lowest BCUT2D eigenvalue weighted by Gasteiger charge is -2.21. The summed E-state index contributed by atoms with van der Waals surface area (Å²) >= 11 is 0. The van der Waals surface area contributed by atoms with Crippen LogP contribution in [-0.2, 0) is 0 Å². The third-order valence-electron chi connectivity index (χ3n) is 3.53. The molecule has 0 saturated carbocycles. The standard InChI is InChI=1S/C14H20FN3O/c1-17-4-3-10(8-17)9-18(2)14(19)11-5-12(15)7-13(16)6-11/h5-7,10H,3-4,8-9,16H2,1-2H3. The van der Waals surface area contributed by atoms with Crippen molar-refractivity contribution in [1.29, 1.82) is 0 Å². The van der Waals surface area contributed by atoms with Gasteiger partial charge in [0.25, 0.3) is 5.91 Å². The van der Waals surface area contributed by atoms with Gasteiger partial charge in [-0.3, -0.25) is 4.79 Å². The van der Waals surface area contributed by atoms with E-state index >= 15 is 0 Å². The number of carbonyl (C=O) groups excluding carboxylic acids is 1. The number of carbonyl (C=O) groups is 1. The number of likely N-dealkylation sites (tertiary alicyclic amines) is 1. The van der Waals surface area contributed by atoms with Gasteiger partial charge in [0.1, 0.15) is 5.82 Å². The molecular formula is C14H20FN3O. The maximum absolute atomic E-state index is 13.3. The summed E-state index contributed by atoms with van der Waals surface area (Å²) in [6.45, 7) is 2.77. The van der Waals surface area contributed by atoms with E-state index in [2.05, 4.69) is 11.9 Å². The van der Waals surface area contributed by atoms with Gasteiger partial charge in [-0.05, 0) is 44.1 Å². The largest absolute Gasteiger partial charge is 0.399 e. The van der Waals surface area contributed by atoms with Crippen molar-refractivity contribution in [2.45, 2.75) is 6.42 Å². The Morgan fingerprint density at radius 2 is 2.26 bits per heavy atom. The highest BCUT2D eigenvalue weighted by molar-refractivity contribution is 5.94. The van der Waals surface area contributed by atoms with Crippen LogP contribution in [0.4, 0.5) is 10.1 Å². The zero-order chi connectivity index (χ0) is 14.0. The Labute approximate surface area is 113 Å². The molecule has 5 heteroatoms. The third-order valence-corrected chi connectivity index (χ3v) is 3.53. The first-order valence-electron chi connectivity index (χ1n) is 6.46. The van der Waals surface area contributed by atoms with E-state index in [0.29, 0.717) is 18.0 Å². The van der Waals surface area contributed by atoms with E-state index in [1.54, 1.807) is 11.9 Å². The van der Waals surface area contributed by atoms with Crippen LogP contribution in [0.2, 0.25) is 0 Å². The number of nitrogens with zero attached hydrogens (tertiary/aromatic N) is 2. The molecule has 1 aromatic carbocycles. The minimum atomic E-state index is -0.475.